The van der Waals surface area contributed by atoms with Crippen LogP contribution in [-0.2, 0) is 0 Å². The van der Waals surface area contributed by atoms with E-state index in [1.54, 1.807) is 30.3 Å². The lowest BCUT2D eigenvalue weighted by molar-refractivity contribution is -0.0377. The number of halogens is 1. The lowest BCUT2D eigenvalue weighted by atomic mass is 9.95. The zero-order valence-corrected chi connectivity index (χ0v) is 9.23. The van der Waals surface area contributed by atoms with E-state index in [2.05, 4.69) is 0 Å². The Morgan fingerprint density at radius 1 is 1.06 bits per heavy atom. The van der Waals surface area contributed by atoms with Gasteiger partial charge in [-0.1, -0.05) is 29.8 Å². The van der Waals surface area contributed by atoms with Crippen molar-refractivity contribution in [1.82, 2.24) is 5.06 Å². The molecular weight excluding hydrogens is 242 g/mol. The Kier molecular flexibility index (Phi) is 1.98. The summed E-state index contributed by atoms with van der Waals surface area (Å²) in [7, 11) is 0. The van der Waals surface area contributed by atoms with Gasteiger partial charge in [-0.2, -0.15) is 0 Å². The molecule has 2 aromatic carbocycles. The molecule has 0 saturated carbocycles. The van der Waals surface area contributed by atoms with Crippen molar-refractivity contribution in [3.63, 3.8) is 0 Å². The number of hydrogen-bond acceptors (Lipinski definition) is 3. The molecule has 0 aliphatic carbocycles. The minimum atomic E-state index is -0.788. The van der Waals surface area contributed by atoms with E-state index in [0.717, 1.165) is 5.39 Å². The zero-order chi connectivity index (χ0) is 12.2. The summed E-state index contributed by atoms with van der Waals surface area (Å²) in [5.74, 6) is -1.51. The van der Waals surface area contributed by atoms with Crippen LogP contribution in [0.5, 0.6) is 0 Å². The largest absolute Gasteiger partial charge is 0.287 e. The van der Waals surface area contributed by atoms with Crippen molar-refractivity contribution in [2.45, 2.75) is 0 Å². The van der Waals surface area contributed by atoms with E-state index in [1.807, 2.05) is 0 Å². The van der Waals surface area contributed by atoms with Gasteiger partial charge in [-0.15, -0.1) is 5.06 Å². The van der Waals surface area contributed by atoms with Gasteiger partial charge in [0.15, 0.2) is 0 Å². The van der Waals surface area contributed by atoms with E-state index in [1.165, 1.54) is 0 Å². The summed E-state index contributed by atoms with van der Waals surface area (Å²) in [6, 6.07) is 8.34. The van der Waals surface area contributed by atoms with Gasteiger partial charge < -0.3 is 0 Å². The number of hydroxylamine groups is 2. The van der Waals surface area contributed by atoms with Gasteiger partial charge in [0.25, 0.3) is 11.8 Å². The van der Waals surface area contributed by atoms with Crippen LogP contribution < -0.4 is 0 Å². The molecule has 84 valence electrons. The highest BCUT2D eigenvalue weighted by atomic mass is 35.5. The number of rotatable bonds is 0. The summed E-state index contributed by atoms with van der Waals surface area (Å²) < 4.78 is 0. The molecule has 0 saturated heterocycles. The van der Waals surface area contributed by atoms with Crippen LogP contribution in [0, 0.1) is 0 Å². The molecule has 2 amide bonds. The van der Waals surface area contributed by atoms with Crippen molar-refractivity contribution >= 4 is 34.2 Å². The van der Waals surface area contributed by atoms with Gasteiger partial charge in [-0.3, -0.25) is 14.8 Å². The maximum absolute atomic E-state index is 11.8. The van der Waals surface area contributed by atoms with Gasteiger partial charge >= 0.3 is 0 Å². The molecule has 2 aromatic rings. The average molecular weight is 248 g/mol. The van der Waals surface area contributed by atoms with E-state index in [-0.39, 0.29) is 21.2 Å². The number of carbonyl (C=O) groups is 2. The number of carbonyl (C=O) groups excluding carboxylic acids is 2. The van der Waals surface area contributed by atoms with Crippen LogP contribution in [0.25, 0.3) is 10.8 Å². The fourth-order valence-corrected chi connectivity index (χ4v) is 2.29. The highest BCUT2D eigenvalue weighted by Crippen LogP contribution is 2.33. The Morgan fingerprint density at radius 3 is 2.59 bits per heavy atom. The SMILES string of the molecule is O=C1c2cccc3ccc(Cl)c(c23)C(=O)N1O. The fourth-order valence-electron chi connectivity index (χ4n) is 2.05. The first-order chi connectivity index (χ1) is 8.11. The van der Waals surface area contributed by atoms with Gasteiger partial charge in [0.2, 0.25) is 0 Å². The minimum Gasteiger partial charge on any atom is -0.278 e. The second-order valence-electron chi connectivity index (χ2n) is 3.75. The van der Waals surface area contributed by atoms with Gasteiger partial charge in [0.05, 0.1) is 16.1 Å². The molecule has 5 heteroatoms. The molecule has 0 spiro atoms. The van der Waals surface area contributed by atoms with Gasteiger partial charge in [0, 0.05) is 5.39 Å². The summed E-state index contributed by atoms with van der Waals surface area (Å²) in [6.07, 6.45) is 0. The molecule has 0 atom stereocenters. The third-order valence-electron chi connectivity index (χ3n) is 2.82. The van der Waals surface area contributed by atoms with Crippen molar-refractivity contribution in [1.29, 1.82) is 0 Å². The van der Waals surface area contributed by atoms with E-state index in [9.17, 15) is 14.8 Å². The Balaban J connectivity index is 2.56. The second kappa shape index (κ2) is 3.29. The maximum Gasteiger partial charge on any atom is 0.287 e. The summed E-state index contributed by atoms with van der Waals surface area (Å²) in [5, 5.41) is 11.0. The first-order valence-corrected chi connectivity index (χ1v) is 5.28. The number of benzene rings is 2. The maximum atomic E-state index is 11.8. The quantitative estimate of drug-likeness (QED) is 0.575. The molecule has 17 heavy (non-hydrogen) atoms. The number of nitrogens with zero attached hydrogens (tertiary/aromatic N) is 1. The molecule has 1 heterocycles. The highest BCUT2D eigenvalue weighted by molar-refractivity contribution is 6.38. The standard InChI is InChI=1S/C12H6ClNO3/c13-8-5-4-6-2-1-3-7-9(6)10(8)12(16)14(17)11(7)15/h1-5,17H. The van der Waals surface area contributed by atoms with Gasteiger partial charge in [0.1, 0.15) is 0 Å². The third kappa shape index (κ3) is 1.22. The zero-order valence-electron chi connectivity index (χ0n) is 8.48. The molecule has 0 radical (unpaired) electrons. The topological polar surface area (TPSA) is 57.6 Å². The van der Waals surface area contributed by atoms with E-state index in [4.69, 9.17) is 11.6 Å². The second-order valence-corrected chi connectivity index (χ2v) is 4.16. The molecular formula is C12H6ClNO3. The van der Waals surface area contributed by atoms with Crippen LogP contribution in [0.1, 0.15) is 20.7 Å². The molecule has 4 nitrogen and oxygen atoms in total. The summed E-state index contributed by atoms with van der Waals surface area (Å²) in [6.45, 7) is 0. The van der Waals surface area contributed by atoms with Gasteiger partial charge in [-0.05, 0) is 17.5 Å². The molecule has 0 unspecified atom stereocenters. The van der Waals surface area contributed by atoms with Gasteiger partial charge in [-0.25, -0.2) is 0 Å². The van der Waals surface area contributed by atoms with Crippen LogP contribution in [0.4, 0.5) is 0 Å². The van der Waals surface area contributed by atoms with Crippen LogP contribution >= 0.6 is 11.6 Å². The molecule has 3 rings (SSSR count). The van der Waals surface area contributed by atoms with Crippen molar-refractivity contribution in [2.24, 2.45) is 0 Å². The number of hydrogen-bond donors (Lipinski definition) is 1. The average Bonchev–Trinajstić information content (AvgIpc) is 2.34. The smallest absolute Gasteiger partial charge is 0.278 e. The van der Waals surface area contributed by atoms with E-state index in [0.29, 0.717) is 5.39 Å². The predicted molar refractivity (Wildman–Crippen MR) is 61.2 cm³/mol. The molecule has 0 fully saturated rings. The summed E-state index contributed by atoms with van der Waals surface area (Å²) in [4.78, 5) is 23.5. The van der Waals surface area contributed by atoms with Crippen LogP contribution in [0.2, 0.25) is 5.02 Å². The summed E-state index contributed by atoms with van der Waals surface area (Å²) in [5.41, 5.74) is 0.448. The molecule has 0 bridgehead atoms. The van der Waals surface area contributed by atoms with E-state index < -0.39 is 11.8 Å². The van der Waals surface area contributed by atoms with Crippen molar-refractivity contribution in [3.05, 3.63) is 46.5 Å². The van der Waals surface area contributed by atoms with Crippen molar-refractivity contribution in [3.8, 4) is 0 Å². The Hall–Kier alpha value is -1.91. The first-order valence-electron chi connectivity index (χ1n) is 4.90. The van der Waals surface area contributed by atoms with E-state index >= 15 is 0 Å². The Bertz CT molecular complexity index is 681. The predicted octanol–water partition coefficient (Wildman–Crippen LogP) is 2.48. The van der Waals surface area contributed by atoms with Crippen LogP contribution in [0.15, 0.2) is 30.3 Å². The lowest BCUT2D eigenvalue weighted by Crippen LogP contribution is -2.37. The van der Waals surface area contributed by atoms with Crippen molar-refractivity contribution < 1.29 is 14.8 Å². The molecule has 1 N–H and O–H groups in total. The molecule has 1 aliphatic heterocycles. The van der Waals surface area contributed by atoms with Crippen LogP contribution in [-0.4, -0.2) is 22.1 Å². The highest BCUT2D eigenvalue weighted by Gasteiger charge is 2.33. The monoisotopic (exact) mass is 247 g/mol. The molecule has 0 aromatic heterocycles. The molecule has 1 aliphatic rings. The Labute approximate surface area is 101 Å². The lowest BCUT2D eigenvalue weighted by Gasteiger charge is -2.22. The number of amides is 2. The van der Waals surface area contributed by atoms with Crippen LogP contribution in [0.3, 0.4) is 0 Å². The number of imide groups is 1. The van der Waals surface area contributed by atoms with Crippen molar-refractivity contribution in [2.75, 3.05) is 0 Å². The normalized spacial score (nSPS) is 14.6. The minimum absolute atomic E-state index is 0.100. The summed E-state index contributed by atoms with van der Waals surface area (Å²) >= 11 is 5.95. The fraction of sp³-hybridized carbons (Fsp3) is 0. The first kappa shape index (κ1) is 10.3. The third-order valence-corrected chi connectivity index (χ3v) is 3.14. The Morgan fingerprint density at radius 2 is 1.82 bits per heavy atom.